The van der Waals surface area contributed by atoms with E-state index >= 15 is 0 Å². The van der Waals surface area contributed by atoms with Crippen molar-refractivity contribution in [2.75, 3.05) is 6.67 Å². The molecule has 5 nitrogen and oxygen atoms in total. The Bertz CT molecular complexity index is 200. The van der Waals surface area contributed by atoms with Crippen LogP contribution in [0.3, 0.4) is 0 Å². The van der Waals surface area contributed by atoms with Gasteiger partial charge in [0, 0.05) is 6.67 Å². The zero-order valence-corrected chi connectivity index (χ0v) is 14.1. The molecule has 1 saturated carbocycles. The molecule has 1 amide bonds. The highest BCUT2D eigenvalue weighted by Gasteiger charge is 2.46. The number of hydrogen-bond donors (Lipinski definition) is 4. The van der Waals surface area contributed by atoms with Crippen LogP contribution >= 0.6 is 69.6 Å². The second-order valence-electron chi connectivity index (χ2n) is 3.24. The maximum atomic E-state index is 8.78. The second kappa shape index (κ2) is 11.6. The van der Waals surface area contributed by atoms with Crippen molar-refractivity contribution in [2.45, 2.75) is 32.3 Å². The summed E-state index contributed by atoms with van der Waals surface area (Å²) in [6, 6.07) is 0. The number of amides is 1. The van der Waals surface area contributed by atoms with Crippen molar-refractivity contribution in [3.8, 4) is 0 Å². The van der Waals surface area contributed by atoms with E-state index in [2.05, 4.69) is 17.2 Å². The van der Waals surface area contributed by atoms with Gasteiger partial charge in [0.05, 0.1) is 32.3 Å². The Morgan fingerprint density at radius 3 is 0.895 bits per heavy atom. The summed E-state index contributed by atoms with van der Waals surface area (Å²) in [5.74, 6) is 0. The Hall–Kier alpha value is 0.930. The van der Waals surface area contributed by atoms with Crippen LogP contribution in [0.4, 0.5) is 4.79 Å². The molecule has 0 heterocycles. The van der Waals surface area contributed by atoms with Crippen LogP contribution in [0.2, 0.25) is 0 Å². The summed E-state index contributed by atoms with van der Waals surface area (Å²) in [5.41, 5.74) is 13.3. The van der Waals surface area contributed by atoms with E-state index in [1.807, 2.05) is 0 Å². The Balaban J connectivity index is 0. The van der Waals surface area contributed by atoms with Crippen LogP contribution in [0.1, 0.15) is 0 Å². The van der Waals surface area contributed by atoms with Crippen molar-refractivity contribution >= 4 is 75.7 Å². The molecule has 0 aromatic heterocycles. The highest BCUT2D eigenvalue weighted by molar-refractivity contribution is 6.45. The molecule has 0 aromatic carbocycles. The summed E-state index contributed by atoms with van der Waals surface area (Å²) >= 11 is 35.3. The maximum Gasteiger partial charge on any atom is 0.402 e. The molecule has 11 heteroatoms. The lowest BCUT2D eigenvalue weighted by atomic mass is 9.97. The van der Waals surface area contributed by atoms with Crippen LogP contribution in [0.25, 0.3) is 0 Å². The first-order valence-corrected chi connectivity index (χ1v) is 7.46. The van der Waals surface area contributed by atoms with Crippen molar-refractivity contribution in [3.05, 3.63) is 0 Å². The normalized spacial score (nSPS) is 37.3. The molecule has 7 N–H and O–H groups in total. The number of primary amides is 1. The lowest BCUT2D eigenvalue weighted by Gasteiger charge is -2.37. The molecule has 0 aromatic rings. The van der Waals surface area contributed by atoms with Crippen molar-refractivity contribution in [3.63, 3.8) is 0 Å². The standard InChI is InChI=1S/C6H6Cl6.CH6N2.CH3NO2/c7-1-2(8)4(10)6(12)5(11)3(1)9;2-1-3;2-1(3)4/h1-6H;1-3H2;2H2,(H,3,4). The monoisotopic (exact) mass is 395 g/mol. The van der Waals surface area contributed by atoms with Crippen LogP contribution < -0.4 is 17.2 Å². The lowest BCUT2D eigenvalue weighted by Crippen LogP contribution is -2.52. The zero-order chi connectivity index (χ0) is 15.7. The SMILES string of the molecule is ClC1C(Cl)C(Cl)C(Cl)C(Cl)C1Cl.NC(=O)O.NCN. The van der Waals surface area contributed by atoms with Gasteiger partial charge in [0.2, 0.25) is 0 Å². The first-order valence-electron chi connectivity index (χ1n) is 4.84. The molecular weight excluding hydrogens is 383 g/mol. The zero-order valence-electron chi connectivity index (χ0n) is 9.53. The Labute approximate surface area is 141 Å². The molecule has 19 heavy (non-hydrogen) atoms. The highest BCUT2D eigenvalue weighted by Crippen LogP contribution is 2.39. The fraction of sp³-hybridized carbons (Fsp3) is 0.875. The van der Waals surface area contributed by atoms with Crippen molar-refractivity contribution in [1.29, 1.82) is 0 Å². The summed E-state index contributed by atoms with van der Waals surface area (Å²) in [7, 11) is 0. The number of rotatable bonds is 0. The van der Waals surface area contributed by atoms with Gasteiger partial charge in [0.1, 0.15) is 0 Å². The smallest absolute Gasteiger partial charge is 0.402 e. The average Bonchev–Trinajstić information content (AvgIpc) is 2.32. The topological polar surface area (TPSA) is 115 Å². The molecule has 1 rings (SSSR count). The molecule has 0 spiro atoms. The Morgan fingerprint density at radius 2 is 0.842 bits per heavy atom. The number of carboxylic acid groups (broad SMARTS) is 1. The van der Waals surface area contributed by atoms with Gasteiger partial charge in [-0.1, -0.05) is 0 Å². The number of carbonyl (C=O) groups is 1. The molecule has 0 unspecified atom stereocenters. The average molecular weight is 398 g/mol. The molecule has 0 bridgehead atoms. The molecule has 116 valence electrons. The second-order valence-corrected chi connectivity index (χ2v) is 6.26. The van der Waals surface area contributed by atoms with E-state index in [9.17, 15) is 0 Å². The van der Waals surface area contributed by atoms with Gasteiger partial charge >= 0.3 is 6.09 Å². The van der Waals surface area contributed by atoms with Gasteiger partial charge in [-0.2, -0.15) is 0 Å². The molecule has 0 radical (unpaired) electrons. The van der Waals surface area contributed by atoms with Crippen LogP contribution in [0, 0.1) is 0 Å². The van der Waals surface area contributed by atoms with E-state index in [4.69, 9.17) is 79.5 Å². The number of halogens is 6. The summed E-state index contributed by atoms with van der Waals surface area (Å²) in [6.45, 7) is 0.250. The number of nitrogens with two attached hydrogens (primary N) is 3. The number of alkyl halides is 6. The predicted molar refractivity (Wildman–Crippen MR) is 83.3 cm³/mol. The highest BCUT2D eigenvalue weighted by atomic mass is 35.5. The van der Waals surface area contributed by atoms with Crippen LogP contribution in [-0.2, 0) is 0 Å². The van der Waals surface area contributed by atoms with Gasteiger partial charge in [-0.25, -0.2) is 4.79 Å². The Morgan fingerprint density at radius 1 is 0.789 bits per heavy atom. The quantitative estimate of drug-likeness (QED) is 0.370. The van der Waals surface area contributed by atoms with Gasteiger partial charge in [-0.3, -0.25) is 0 Å². The molecule has 0 aliphatic heterocycles. The summed E-state index contributed by atoms with van der Waals surface area (Å²) < 4.78 is 0. The summed E-state index contributed by atoms with van der Waals surface area (Å²) in [5, 5.41) is 4.57. The van der Waals surface area contributed by atoms with E-state index in [1.165, 1.54) is 0 Å². The first-order chi connectivity index (χ1) is 8.61. The van der Waals surface area contributed by atoms with Crippen LogP contribution in [-0.4, -0.2) is 50.1 Å². The van der Waals surface area contributed by atoms with E-state index in [0.29, 0.717) is 0 Å². The fourth-order valence-electron chi connectivity index (χ4n) is 1.05. The molecule has 1 aliphatic rings. The molecule has 1 aliphatic carbocycles. The van der Waals surface area contributed by atoms with Gasteiger partial charge in [0.25, 0.3) is 0 Å². The lowest BCUT2D eigenvalue weighted by molar-refractivity contribution is 0.205. The number of hydrogen-bond acceptors (Lipinski definition) is 3. The van der Waals surface area contributed by atoms with Gasteiger partial charge in [-0.05, 0) is 0 Å². The van der Waals surface area contributed by atoms with Gasteiger partial charge in [-0.15, -0.1) is 69.6 Å². The Kier molecular flexibility index (Phi) is 13.5. The fourth-order valence-corrected chi connectivity index (χ4v) is 3.38. The molecule has 0 saturated heterocycles. The third kappa shape index (κ3) is 8.73. The van der Waals surface area contributed by atoms with E-state index in [-0.39, 0.29) is 6.67 Å². The van der Waals surface area contributed by atoms with Crippen LogP contribution in [0.5, 0.6) is 0 Å². The van der Waals surface area contributed by atoms with E-state index < -0.39 is 38.4 Å². The first kappa shape index (κ1) is 22.2. The third-order valence-electron chi connectivity index (χ3n) is 1.83. The summed E-state index contributed by atoms with van der Waals surface area (Å²) in [4.78, 5) is 8.78. The minimum atomic E-state index is -1.33. The largest absolute Gasteiger partial charge is 0.465 e. The van der Waals surface area contributed by atoms with Crippen molar-refractivity contribution in [1.82, 2.24) is 0 Å². The molecular formula is C8H15Cl6N3O2. The molecule has 1 fully saturated rings. The summed E-state index contributed by atoms with van der Waals surface area (Å²) in [6.07, 6.45) is -1.33. The minimum absolute atomic E-state index is 0.250. The van der Waals surface area contributed by atoms with Crippen molar-refractivity contribution < 1.29 is 9.90 Å². The van der Waals surface area contributed by atoms with Gasteiger partial charge in [0.15, 0.2) is 0 Å². The van der Waals surface area contributed by atoms with E-state index in [1.54, 1.807) is 0 Å². The predicted octanol–water partition coefficient (Wildman–Crippen LogP) is 2.13. The molecule has 0 atom stereocenters. The minimum Gasteiger partial charge on any atom is -0.465 e. The van der Waals surface area contributed by atoms with Crippen molar-refractivity contribution in [2.24, 2.45) is 17.2 Å². The van der Waals surface area contributed by atoms with E-state index in [0.717, 1.165) is 0 Å². The maximum absolute atomic E-state index is 8.78. The third-order valence-corrected chi connectivity index (χ3v) is 5.86. The van der Waals surface area contributed by atoms with Gasteiger partial charge < -0.3 is 22.3 Å². The van der Waals surface area contributed by atoms with Crippen LogP contribution in [0.15, 0.2) is 0 Å².